The fraction of sp³-hybridized carbons (Fsp3) is 1.00. The fourth-order valence-electron chi connectivity index (χ4n) is 0.805. The largest absolute Gasteiger partial charge is 0.350 e. The van der Waals surface area contributed by atoms with Gasteiger partial charge in [-0.05, 0) is 13.3 Å². The zero-order chi connectivity index (χ0) is 7.98. The molecular weight excluding hydrogens is 147 g/mol. The summed E-state index contributed by atoms with van der Waals surface area (Å²) in [6, 6.07) is 0. The van der Waals surface area contributed by atoms with Crippen LogP contribution in [0.5, 0.6) is 0 Å². The topological polar surface area (TPSA) is 29.5 Å². The van der Waals surface area contributed by atoms with Crippen molar-refractivity contribution in [3.63, 3.8) is 0 Å². The van der Waals surface area contributed by atoms with Gasteiger partial charge < -0.3 is 9.42 Å². The molecule has 3 heteroatoms. The highest BCUT2D eigenvalue weighted by Gasteiger charge is 2.04. The quantitative estimate of drug-likeness (QED) is 0.632. The average Bonchev–Trinajstić information content (AvgIpc) is 1.82. The Labute approximate surface area is 64.5 Å². The monoisotopic (exact) mass is 164 g/mol. The molecule has 0 bridgehead atoms. The van der Waals surface area contributed by atoms with E-state index in [2.05, 4.69) is 6.92 Å². The van der Waals surface area contributed by atoms with Crippen molar-refractivity contribution < 1.29 is 9.42 Å². The minimum Gasteiger partial charge on any atom is -0.350 e. The molecule has 0 saturated carbocycles. The highest BCUT2D eigenvalue weighted by Crippen LogP contribution is 2.28. The molecule has 0 aliphatic heterocycles. The molecule has 0 fully saturated rings. The summed E-state index contributed by atoms with van der Waals surface area (Å²) in [4.78, 5) is 8.86. The van der Waals surface area contributed by atoms with Crippen molar-refractivity contribution in [3.8, 4) is 0 Å². The molecule has 0 aliphatic rings. The Bertz CT molecular complexity index is 76.0. The molecule has 2 nitrogen and oxygen atoms in total. The Balaban J connectivity index is 3.16. The molecule has 62 valence electrons. The molecule has 0 aromatic rings. The van der Waals surface area contributed by atoms with Crippen molar-refractivity contribution in [1.29, 1.82) is 0 Å². The highest BCUT2D eigenvalue weighted by molar-refractivity contribution is 7.45. The van der Waals surface area contributed by atoms with Crippen molar-refractivity contribution in [2.45, 2.75) is 39.2 Å². The van der Waals surface area contributed by atoms with Gasteiger partial charge in [0.15, 0.2) is 8.38 Å². The first-order chi connectivity index (χ1) is 4.66. The molecule has 1 N–H and O–H groups in total. The van der Waals surface area contributed by atoms with Crippen LogP contribution < -0.4 is 0 Å². The first-order valence-electron chi connectivity index (χ1n) is 3.76. The zero-order valence-electron chi connectivity index (χ0n) is 7.00. The third-order valence-electron chi connectivity index (χ3n) is 1.30. The maximum absolute atomic E-state index is 8.86. The first-order valence-corrected chi connectivity index (χ1v) is 5.42. The molecule has 0 rings (SSSR count). The molecule has 2 unspecified atom stereocenters. The fourth-order valence-corrected chi connectivity index (χ4v) is 1.43. The molecule has 0 aliphatic carbocycles. The van der Waals surface area contributed by atoms with Crippen molar-refractivity contribution in [2.75, 3.05) is 6.66 Å². The SMILES string of the molecule is CCCCC(C)OP(C)O. The normalized spacial score (nSPS) is 16.8. The van der Waals surface area contributed by atoms with E-state index in [0.717, 1.165) is 6.42 Å². The van der Waals surface area contributed by atoms with Crippen LogP contribution in [0.1, 0.15) is 33.1 Å². The summed E-state index contributed by atoms with van der Waals surface area (Å²) in [6.07, 6.45) is 3.66. The smallest absolute Gasteiger partial charge is 0.164 e. The van der Waals surface area contributed by atoms with Crippen LogP contribution in [-0.4, -0.2) is 17.7 Å². The van der Waals surface area contributed by atoms with Crippen LogP contribution in [0.2, 0.25) is 0 Å². The van der Waals surface area contributed by atoms with Crippen LogP contribution in [-0.2, 0) is 4.52 Å². The molecule has 2 atom stereocenters. The van der Waals surface area contributed by atoms with Gasteiger partial charge >= 0.3 is 0 Å². The van der Waals surface area contributed by atoms with E-state index in [9.17, 15) is 0 Å². The molecule has 0 amide bonds. The summed E-state index contributed by atoms with van der Waals surface area (Å²) in [7, 11) is -1.16. The molecule has 10 heavy (non-hydrogen) atoms. The Morgan fingerprint density at radius 3 is 2.60 bits per heavy atom. The Hall–Kier alpha value is 0.350. The van der Waals surface area contributed by atoms with Crippen LogP contribution in [0.4, 0.5) is 0 Å². The minimum atomic E-state index is -1.16. The van der Waals surface area contributed by atoms with Gasteiger partial charge in [-0.3, -0.25) is 0 Å². The minimum absolute atomic E-state index is 0.223. The molecular formula is C7H17O2P. The van der Waals surface area contributed by atoms with E-state index in [4.69, 9.17) is 9.42 Å². The van der Waals surface area contributed by atoms with Crippen molar-refractivity contribution in [1.82, 2.24) is 0 Å². The maximum atomic E-state index is 8.86. The van der Waals surface area contributed by atoms with Crippen LogP contribution in [0, 0.1) is 0 Å². The average molecular weight is 164 g/mol. The van der Waals surface area contributed by atoms with E-state index in [1.165, 1.54) is 12.8 Å². The Kier molecular flexibility index (Phi) is 6.30. The summed E-state index contributed by atoms with van der Waals surface area (Å²) in [5.41, 5.74) is 0. The van der Waals surface area contributed by atoms with E-state index in [0.29, 0.717) is 0 Å². The zero-order valence-corrected chi connectivity index (χ0v) is 7.90. The Morgan fingerprint density at radius 1 is 1.60 bits per heavy atom. The van der Waals surface area contributed by atoms with E-state index in [1.54, 1.807) is 6.66 Å². The number of rotatable bonds is 5. The number of hydrogen-bond acceptors (Lipinski definition) is 2. The lowest BCUT2D eigenvalue weighted by molar-refractivity contribution is 0.210. The second-order valence-corrected chi connectivity index (χ2v) is 3.66. The van der Waals surface area contributed by atoms with Crippen LogP contribution in [0.25, 0.3) is 0 Å². The molecule has 0 heterocycles. The predicted molar refractivity (Wildman–Crippen MR) is 45.1 cm³/mol. The van der Waals surface area contributed by atoms with Gasteiger partial charge in [0.25, 0.3) is 0 Å². The van der Waals surface area contributed by atoms with Gasteiger partial charge in [-0.1, -0.05) is 19.8 Å². The standard InChI is InChI=1S/C7H17O2P/c1-4-5-6-7(2)9-10(3)8/h7-8H,4-6H2,1-3H3. The second kappa shape index (κ2) is 6.09. The lowest BCUT2D eigenvalue weighted by atomic mass is 10.2. The van der Waals surface area contributed by atoms with Crippen molar-refractivity contribution in [3.05, 3.63) is 0 Å². The lowest BCUT2D eigenvalue weighted by Crippen LogP contribution is -2.03. The van der Waals surface area contributed by atoms with Gasteiger partial charge in [0.05, 0.1) is 6.10 Å². The first kappa shape index (κ1) is 10.3. The second-order valence-electron chi connectivity index (χ2n) is 2.52. The van der Waals surface area contributed by atoms with Crippen molar-refractivity contribution >= 4 is 8.38 Å². The number of hydrogen-bond donors (Lipinski definition) is 1. The van der Waals surface area contributed by atoms with E-state index >= 15 is 0 Å². The summed E-state index contributed by atoms with van der Waals surface area (Å²) < 4.78 is 5.17. The maximum Gasteiger partial charge on any atom is 0.164 e. The van der Waals surface area contributed by atoms with Gasteiger partial charge in [-0.15, -0.1) is 0 Å². The Morgan fingerprint density at radius 2 is 2.20 bits per heavy atom. The summed E-state index contributed by atoms with van der Waals surface area (Å²) in [5.74, 6) is 0. The molecule has 0 aromatic heterocycles. The van der Waals surface area contributed by atoms with Gasteiger partial charge in [0, 0.05) is 6.66 Å². The van der Waals surface area contributed by atoms with E-state index < -0.39 is 8.38 Å². The van der Waals surface area contributed by atoms with Gasteiger partial charge in [0.2, 0.25) is 0 Å². The molecule has 0 saturated heterocycles. The van der Waals surface area contributed by atoms with Crippen LogP contribution in [0.3, 0.4) is 0 Å². The third-order valence-corrected chi connectivity index (χ3v) is 1.96. The lowest BCUT2D eigenvalue weighted by Gasteiger charge is -2.13. The van der Waals surface area contributed by atoms with Crippen LogP contribution in [0.15, 0.2) is 0 Å². The van der Waals surface area contributed by atoms with Crippen molar-refractivity contribution in [2.24, 2.45) is 0 Å². The molecule has 0 aromatic carbocycles. The highest BCUT2D eigenvalue weighted by atomic mass is 31.2. The summed E-state index contributed by atoms with van der Waals surface area (Å²) >= 11 is 0. The molecule has 0 radical (unpaired) electrons. The van der Waals surface area contributed by atoms with Crippen LogP contribution >= 0.6 is 8.38 Å². The third kappa shape index (κ3) is 6.47. The molecule has 0 spiro atoms. The van der Waals surface area contributed by atoms with Gasteiger partial charge in [-0.2, -0.15) is 0 Å². The summed E-state index contributed by atoms with van der Waals surface area (Å²) in [6.45, 7) is 5.86. The number of unbranched alkanes of at least 4 members (excludes halogenated alkanes) is 1. The van der Waals surface area contributed by atoms with E-state index in [-0.39, 0.29) is 6.10 Å². The predicted octanol–water partition coefficient (Wildman–Crippen LogP) is 2.52. The van der Waals surface area contributed by atoms with Gasteiger partial charge in [0.1, 0.15) is 0 Å². The summed E-state index contributed by atoms with van der Waals surface area (Å²) in [5, 5.41) is 0. The van der Waals surface area contributed by atoms with Gasteiger partial charge in [-0.25, -0.2) is 0 Å². The van der Waals surface area contributed by atoms with E-state index in [1.807, 2.05) is 6.92 Å².